The van der Waals surface area contributed by atoms with Gasteiger partial charge in [-0.2, -0.15) is 9.97 Å². The van der Waals surface area contributed by atoms with E-state index >= 15 is 0 Å². The minimum absolute atomic E-state index is 0.112. The molecular weight excluding hydrogens is 462 g/mol. The number of nitrogens with zero attached hydrogens (tertiary/aromatic N) is 4. The van der Waals surface area contributed by atoms with E-state index in [1.807, 2.05) is 65.2 Å². The van der Waals surface area contributed by atoms with Gasteiger partial charge in [0, 0.05) is 6.54 Å². The van der Waals surface area contributed by atoms with Crippen molar-refractivity contribution in [2.24, 2.45) is 5.92 Å². The van der Waals surface area contributed by atoms with Crippen molar-refractivity contribution >= 4 is 47.4 Å². The second-order valence-electron chi connectivity index (χ2n) is 9.51. The molecule has 176 valence electrons. The lowest BCUT2D eigenvalue weighted by Crippen LogP contribution is -2.65. The van der Waals surface area contributed by atoms with E-state index in [4.69, 9.17) is 17.3 Å². The summed E-state index contributed by atoms with van der Waals surface area (Å²) >= 11 is 6.18. The monoisotopic (exact) mass is 491 g/mol. The minimum atomic E-state index is -3.09. The molecule has 0 aliphatic carbocycles. The second-order valence-corrected chi connectivity index (χ2v) is 13.8. The van der Waals surface area contributed by atoms with Crippen LogP contribution in [0.5, 0.6) is 0 Å². The van der Waals surface area contributed by atoms with Crippen LogP contribution in [0.25, 0.3) is 11.2 Å². The van der Waals surface area contributed by atoms with Gasteiger partial charge < -0.3 is 15.1 Å². The fourth-order valence-electron chi connectivity index (χ4n) is 4.78. The van der Waals surface area contributed by atoms with Gasteiger partial charge in [-0.3, -0.25) is 0 Å². The van der Waals surface area contributed by atoms with Crippen LogP contribution in [0.15, 0.2) is 79.1 Å². The quantitative estimate of drug-likeness (QED) is 0.219. The lowest BCUT2D eigenvalue weighted by molar-refractivity contribution is 0.419. The molecule has 2 aromatic carbocycles. The molecule has 0 aliphatic heterocycles. The number of nitrogens with two attached hydrogens (primary N) is 1. The maximum atomic E-state index is 12.4. The summed E-state index contributed by atoms with van der Waals surface area (Å²) in [5.74, 6) is 0.245. The van der Waals surface area contributed by atoms with E-state index in [1.165, 1.54) is 0 Å². The molecule has 0 amide bonds. The fourth-order valence-corrected chi connectivity index (χ4v) is 8.85. The molecular formula is C26H30ClN5OSi. The SMILES string of the molecule is C=C(Cn1cnc2c(Cl)nc(N)nc21)[C@H](C)CC(C)(C)[Si](O)(c1ccccc1)c1ccccc1. The van der Waals surface area contributed by atoms with Gasteiger partial charge in [0.05, 0.1) is 6.33 Å². The summed E-state index contributed by atoms with van der Waals surface area (Å²) in [4.78, 5) is 25.0. The molecule has 2 heterocycles. The van der Waals surface area contributed by atoms with Crippen molar-refractivity contribution in [3.8, 4) is 0 Å². The van der Waals surface area contributed by atoms with Crippen LogP contribution in [0.1, 0.15) is 27.2 Å². The van der Waals surface area contributed by atoms with Crippen LogP contribution >= 0.6 is 11.6 Å². The van der Waals surface area contributed by atoms with Crippen LogP contribution in [0.3, 0.4) is 0 Å². The van der Waals surface area contributed by atoms with Gasteiger partial charge >= 0.3 is 0 Å². The normalized spacial score (nSPS) is 13.2. The summed E-state index contributed by atoms with van der Waals surface area (Å²) < 4.78 is 1.89. The highest BCUT2D eigenvalue weighted by Crippen LogP contribution is 2.42. The van der Waals surface area contributed by atoms with Crippen molar-refractivity contribution < 1.29 is 4.80 Å². The van der Waals surface area contributed by atoms with Gasteiger partial charge in [0.15, 0.2) is 10.8 Å². The highest BCUT2D eigenvalue weighted by molar-refractivity contribution is 6.98. The van der Waals surface area contributed by atoms with Crippen LogP contribution in [0.2, 0.25) is 10.2 Å². The first kappa shape index (κ1) is 24.1. The number of aromatic nitrogens is 4. The van der Waals surface area contributed by atoms with Gasteiger partial charge in [0.1, 0.15) is 5.52 Å². The number of halogens is 1. The van der Waals surface area contributed by atoms with E-state index in [9.17, 15) is 4.80 Å². The molecule has 34 heavy (non-hydrogen) atoms. The third kappa shape index (κ3) is 4.38. The molecule has 0 saturated heterocycles. The summed E-state index contributed by atoms with van der Waals surface area (Å²) in [7, 11) is -3.09. The number of imidazole rings is 1. The topological polar surface area (TPSA) is 89.9 Å². The van der Waals surface area contributed by atoms with Gasteiger partial charge in [-0.15, -0.1) is 0 Å². The third-order valence-corrected chi connectivity index (χ3v) is 11.5. The standard InChI is InChI=1S/C26H30ClN5OSi/c1-18(19(2)16-32-17-29-22-23(27)30-25(28)31-24(22)32)15-26(3,4)34(33,20-11-7-5-8-12-20)21-13-9-6-10-14-21/h5-14,17-18,33H,2,15-16H2,1,3-4H3,(H2,28,30,31)/t18-/m1/s1. The predicted molar refractivity (Wildman–Crippen MR) is 142 cm³/mol. The van der Waals surface area contributed by atoms with E-state index in [-0.39, 0.29) is 22.1 Å². The first-order valence-electron chi connectivity index (χ1n) is 11.3. The number of benzene rings is 2. The van der Waals surface area contributed by atoms with Gasteiger partial charge in [-0.1, -0.05) is 105 Å². The third-order valence-electron chi connectivity index (χ3n) is 6.69. The summed E-state index contributed by atoms with van der Waals surface area (Å²) in [6.07, 6.45) is 2.45. The average Bonchev–Trinajstić information content (AvgIpc) is 3.22. The maximum Gasteiger partial charge on any atom is 0.258 e. The Balaban J connectivity index is 1.62. The van der Waals surface area contributed by atoms with Crippen LogP contribution in [-0.4, -0.2) is 32.6 Å². The Morgan fingerprint density at radius 2 is 1.65 bits per heavy atom. The number of hydrogen-bond donors (Lipinski definition) is 2. The van der Waals surface area contributed by atoms with Crippen LogP contribution in [-0.2, 0) is 6.54 Å². The van der Waals surface area contributed by atoms with Crippen molar-refractivity contribution in [2.45, 2.75) is 38.8 Å². The molecule has 1 atom stereocenters. The molecule has 4 rings (SSSR count). The highest BCUT2D eigenvalue weighted by atomic mass is 35.5. The van der Waals surface area contributed by atoms with E-state index in [0.717, 1.165) is 22.4 Å². The molecule has 0 spiro atoms. The molecule has 0 bridgehead atoms. The Labute approximate surface area is 206 Å². The fraction of sp³-hybridized carbons (Fsp3) is 0.269. The second kappa shape index (κ2) is 9.33. The number of hydrogen-bond acceptors (Lipinski definition) is 5. The first-order chi connectivity index (χ1) is 16.1. The molecule has 0 aliphatic rings. The maximum absolute atomic E-state index is 12.4. The molecule has 3 N–H and O–H groups in total. The summed E-state index contributed by atoms with van der Waals surface area (Å²) in [5.41, 5.74) is 7.91. The number of fused-ring (bicyclic) bond motifs is 1. The Morgan fingerprint density at radius 3 is 2.21 bits per heavy atom. The van der Waals surface area contributed by atoms with Crippen molar-refractivity contribution in [1.82, 2.24) is 19.5 Å². The number of allylic oxidation sites excluding steroid dienone is 1. The van der Waals surface area contributed by atoms with Crippen molar-refractivity contribution in [1.29, 1.82) is 0 Å². The Morgan fingerprint density at radius 1 is 1.09 bits per heavy atom. The van der Waals surface area contributed by atoms with Gasteiger partial charge in [-0.05, 0) is 27.8 Å². The number of rotatable bonds is 8. The number of nitrogen functional groups attached to an aromatic ring is 1. The van der Waals surface area contributed by atoms with E-state index in [2.05, 4.69) is 42.3 Å². The summed E-state index contributed by atoms with van der Waals surface area (Å²) in [5, 5.41) is 1.88. The molecule has 0 unspecified atom stereocenters. The van der Waals surface area contributed by atoms with Crippen molar-refractivity contribution in [3.63, 3.8) is 0 Å². The molecule has 6 nitrogen and oxygen atoms in total. The molecule has 0 saturated carbocycles. The first-order valence-corrected chi connectivity index (χ1v) is 13.6. The Kier molecular flexibility index (Phi) is 6.62. The average molecular weight is 492 g/mol. The molecule has 0 fully saturated rings. The van der Waals surface area contributed by atoms with Crippen LogP contribution in [0.4, 0.5) is 5.95 Å². The zero-order chi connectivity index (χ0) is 24.5. The highest BCUT2D eigenvalue weighted by Gasteiger charge is 2.50. The van der Waals surface area contributed by atoms with E-state index < -0.39 is 8.32 Å². The zero-order valence-electron chi connectivity index (χ0n) is 19.7. The predicted octanol–water partition coefficient (Wildman–Crippen LogP) is 4.18. The zero-order valence-corrected chi connectivity index (χ0v) is 21.5. The van der Waals surface area contributed by atoms with E-state index in [0.29, 0.717) is 17.7 Å². The Bertz CT molecular complexity index is 1270. The van der Waals surface area contributed by atoms with Crippen molar-refractivity contribution in [3.05, 3.63) is 84.3 Å². The van der Waals surface area contributed by atoms with Crippen LogP contribution in [0, 0.1) is 5.92 Å². The number of anilines is 1. The lowest BCUT2D eigenvalue weighted by atomic mass is 9.92. The molecule has 0 radical (unpaired) electrons. The van der Waals surface area contributed by atoms with Crippen molar-refractivity contribution in [2.75, 3.05) is 5.73 Å². The van der Waals surface area contributed by atoms with Gasteiger partial charge in [0.2, 0.25) is 5.95 Å². The minimum Gasteiger partial charge on any atom is -0.424 e. The molecule has 2 aromatic heterocycles. The smallest absolute Gasteiger partial charge is 0.258 e. The Hall–Kier alpha value is -3.00. The van der Waals surface area contributed by atoms with Crippen LogP contribution < -0.4 is 16.1 Å². The largest absolute Gasteiger partial charge is 0.424 e. The van der Waals surface area contributed by atoms with Gasteiger partial charge in [-0.25, -0.2) is 4.98 Å². The summed E-state index contributed by atoms with van der Waals surface area (Å²) in [6.45, 7) is 11.4. The van der Waals surface area contributed by atoms with E-state index in [1.54, 1.807) is 6.33 Å². The summed E-state index contributed by atoms with van der Waals surface area (Å²) in [6, 6.07) is 20.2. The molecule has 8 heteroatoms. The van der Waals surface area contributed by atoms with Gasteiger partial charge in [0.25, 0.3) is 8.32 Å². The lowest BCUT2D eigenvalue weighted by Gasteiger charge is -2.43. The molecule has 4 aromatic rings.